The molecule has 49 heavy (non-hydrogen) atoms. The molecule has 0 spiro atoms. The summed E-state index contributed by atoms with van der Waals surface area (Å²) < 4.78 is 125. The standard InChI is InChI=1S/C31H32F9N7O2/c1-3-22-14-25(46(28-42-44-45(2)43-28)15-16-10-20(30(35,36)37)12-21(11-16)31(38,39)40)23-13-19(29(32,33)34)8-9-24(23)47(22)27(49)18-6-4-17(5-7-18)26(41)48/h8-13,17-18,22,25H,3-7,14-15H2,1-2H3,(H2,41,48). The van der Waals surface area contributed by atoms with Crippen LogP contribution in [0.1, 0.15) is 79.3 Å². The molecular formula is C31H32F9N7O2. The number of primary amides is 1. The van der Waals surface area contributed by atoms with Crippen molar-refractivity contribution in [3.05, 3.63) is 64.2 Å². The van der Waals surface area contributed by atoms with Crippen molar-refractivity contribution in [2.45, 2.75) is 82.6 Å². The molecule has 1 fully saturated rings. The van der Waals surface area contributed by atoms with Crippen molar-refractivity contribution in [2.75, 3.05) is 9.80 Å². The maximum absolute atomic E-state index is 14.1. The third kappa shape index (κ3) is 7.61. The minimum atomic E-state index is -5.14. The number of hydrogen-bond donors (Lipinski definition) is 1. The zero-order chi connectivity index (χ0) is 36.1. The Morgan fingerprint density at radius 3 is 1.92 bits per heavy atom. The van der Waals surface area contributed by atoms with E-state index in [0.29, 0.717) is 44.2 Å². The van der Waals surface area contributed by atoms with Crippen LogP contribution in [0.3, 0.4) is 0 Å². The van der Waals surface area contributed by atoms with Crippen LogP contribution in [0.2, 0.25) is 0 Å². The predicted molar refractivity (Wildman–Crippen MR) is 156 cm³/mol. The van der Waals surface area contributed by atoms with Crippen LogP contribution in [-0.4, -0.2) is 38.1 Å². The van der Waals surface area contributed by atoms with Crippen LogP contribution in [-0.2, 0) is 41.7 Å². The van der Waals surface area contributed by atoms with Gasteiger partial charge in [-0.3, -0.25) is 9.59 Å². The second-order valence-electron chi connectivity index (χ2n) is 12.4. The molecule has 1 aromatic heterocycles. The largest absolute Gasteiger partial charge is 0.416 e. The van der Waals surface area contributed by atoms with Gasteiger partial charge < -0.3 is 15.5 Å². The molecule has 1 aliphatic heterocycles. The van der Waals surface area contributed by atoms with Crippen molar-refractivity contribution in [2.24, 2.45) is 24.6 Å². The molecule has 2 N–H and O–H groups in total. The lowest BCUT2D eigenvalue weighted by Crippen LogP contribution is -2.50. The van der Waals surface area contributed by atoms with Crippen molar-refractivity contribution < 1.29 is 49.1 Å². The highest BCUT2D eigenvalue weighted by molar-refractivity contribution is 5.97. The summed E-state index contributed by atoms with van der Waals surface area (Å²) in [6.45, 7) is 1.06. The number of benzene rings is 2. The predicted octanol–water partition coefficient (Wildman–Crippen LogP) is 6.82. The number of anilines is 2. The number of carbonyl (C=O) groups is 2. The molecule has 9 nitrogen and oxygen atoms in total. The summed E-state index contributed by atoms with van der Waals surface area (Å²) in [6, 6.07) is 2.03. The average molecular weight is 706 g/mol. The number of nitrogens with zero attached hydrogens (tertiary/aromatic N) is 6. The maximum atomic E-state index is 14.1. The molecule has 0 radical (unpaired) electrons. The Balaban J connectivity index is 1.64. The van der Waals surface area contributed by atoms with Crippen LogP contribution in [0.5, 0.6) is 0 Å². The highest BCUT2D eigenvalue weighted by Crippen LogP contribution is 2.47. The molecule has 0 saturated heterocycles. The van der Waals surface area contributed by atoms with Crippen LogP contribution in [0, 0.1) is 11.8 Å². The highest BCUT2D eigenvalue weighted by Gasteiger charge is 2.44. The zero-order valence-electron chi connectivity index (χ0n) is 26.2. The first-order valence-corrected chi connectivity index (χ1v) is 15.4. The van der Waals surface area contributed by atoms with E-state index in [1.165, 1.54) is 16.8 Å². The van der Waals surface area contributed by atoms with E-state index < -0.39 is 77.2 Å². The minimum absolute atomic E-state index is 0.0204. The summed E-state index contributed by atoms with van der Waals surface area (Å²) in [5.41, 5.74) is 0.823. The lowest BCUT2D eigenvalue weighted by atomic mass is 9.79. The fourth-order valence-corrected chi connectivity index (χ4v) is 6.69. The van der Waals surface area contributed by atoms with E-state index in [1.54, 1.807) is 6.92 Å². The molecule has 3 aromatic rings. The molecule has 2 atom stereocenters. The van der Waals surface area contributed by atoms with E-state index in [4.69, 9.17) is 5.73 Å². The van der Waals surface area contributed by atoms with E-state index in [0.717, 1.165) is 23.0 Å². The molecule has 5 rings (SSSR count). The van der Waals surface area contributed by atoms with Crippen LogP contribution in [0.15, 0.2) is 36.4 Å². The van der Waals surface area contributed by atoms with Gasteiger partial charge >= 0.3 is 18.5 Å². The number of carbonyl (C=O) groups excluding carboxylic acids is 2. The van der Waals surface area contributed by atoms with Gasteiger partial charge in [-0.15, -0.1) is 5.10 Å². The molecular weight excluding hydrogens is 673 g/mol. The normalized spacial score (nSPS) is 21.7. The van der Waals surface area contributed by atoms with Gasteiger partial charge in [0.2, 0.25) is 11.8 Å². The van der Waals surface area contributed by atoms with Gasteiger partial charge in [0, 0.05) is 30.1 Å². The van der Waals surface area contributed by atoms with Crippen molar-refractivity contribution in [3.63, 3.8) is 0 Å². The van der Waals surface area contributed by atoms with E-state index in [1.807, 2.05) is 0 Å². The fourth-order valence-electron chi connectivity index (χ4n) is 6.69. The number of hydrogen-bond acceptors (Lipinski definition) is 6. The number of halogens is 9. The molecule has 2 aliphatic rings. The number of alkyl halides is 9. The second-order valence-corrected chi connectivity index (χ2v) is 12.4. The number of amides is 2. The quantitative estimate of drug-likeness (QED) is 0.270. The number of aromatic nitrogens is 4. The second kappa shape index (κ2) is 13.2. The van der Waals surface area contributed by atoms with Gasteiger partial charge in [0.1, 0.15) is 0 Å². The Morgan fingerprint density at radius 1 is 0.857 bits per heavy atom. The van der Waals surface area contributed by atoms with Gasteiger partial charge in [-0.2, -0.15) is 44.3 Å². The average Bonchev–Trinajstić information content (AvgIpc) is 3.46. The van der Waals surface area contributed by atoms with Crippen LogP contribution in [0.25, 0.3) is 0 Å². The van der Waals surface area contributed by atoms with E-state index in [-0.39, 0.29) is 35.6 Å². The molecule has 18 heteroatoms. The number of fused-ring (bicyclic) bond motifs is 1. The number of aryl methyl sites for hydroxylation is 1. The molecule has 1 saturated carbocycles. The zero-order valence-corrected chi connectivity index (χ0v) is 26.2. The molecule has 266 valence electrons. The Labute approximate surface area is 274 Å². The highest BCUT2D eigenvalue weighted by atomic mass is 19.4. The summed E-state index contributed by atoms with van der Waals surface area (Å²) in [5.74, 6) is -2.07. The summed E-state index contributed by atoms with van der Waals surface area (Å²) in [4.78, 5) is 29.4. The molecule has 2 unspecified atom stereocenters. The van der Waals surface area contributed by atoms with Gasteiger partial charge in [0.15, 0.2) is 0 Å². The number of nitrogens with two attached hydrogens (primary N) is 1. The Morgan fingerprint density at radius 2 is 1.43 bits per heavy atom. The fraction of sp³-hybridized carbons (Fsp3) is 0.516. The monoisotopic (exact) mass is 705 g/mol. The van der Waals surface area contributed by atoms with E-state index >= 15 is 0 Å². The molecule has 2 amide bonds. The third-order valence-electron chi connectivity index (χ3n) is 9.15. The van der Waals surface area contributed by atoms with Crippen LogP contribution in [0.4, 0.5) is 51.1 Å². The van der Waals surface area contributed by atoms with Gasteiger partial charge in [0.25, 0.3) is 5.95 Å². The third-order valence-corrected chi connectivity index (χ3v) is 9.15. The topological polar surface area (TPSA) is 110 Å². The minimum Gasteiger partial charge on any atom is -0.369 e. The summed E-state index contributed by atoms with van der Waals surface area (Å²) in [7, 11) is 1.36. The summed E-state index contributed by atoms with van der Waals surface area (Å²) in [6.07, 6.45) is -13.5. The molecule has 2 heterocycles. The van der Waals surface area contributed by atoms with Gasteiger partial charge in [-0.05, 0) is 91.3 Å². The lowest BCUT2D eigenvalue weighted by Gasteiger charge is -2.46. The van der Waals surface area contributed by atoms with Crippen molar-refractivity contribution >= 4 is 23.5 Å². The maximum Gasteiger partial charge on any atom is 0.416 e. The van der Waals surface area contributed by atoms with E-state index in [2.05, 4.69) is 15.4 Å². The molecule has 2 aromatic carbocycles. The smallest absolute Gasteiger partial charge is 0.369 e. The Kier molecular flexibility index (Phi) is 9.64. The first-order valence-electron chi connectivity index (χ1n) is 15.4. The van der Waals surface area contributed by atoms with Crippen molar-refractivity contribution in [3.8, 4) is 0 Å². The number of rotatable bonds is 7. The summed E-state index contributed by atoms with van der Waals surface area (Å²) >= 11 is 0. The van der Waals surface area contributed by atoms with Gasteiger partial charge in [-0.1, -0.05) is 12.0 Å². The Hall–Kier alpha value is -4.38. The van der Waals surface area contributed by atoms with Gasteiger partial charge in [0.05, 0.1) is 29.8 Å². The number of tetrazole rings is 1. The Bertz CT molecular complexity index is 1660. The van der Waals surface area contributed by atoms with Crippen LogP contribution >= 0.6 is 0 Å². The van der Waals surface area contributed by atoms with Crippen molar-refractivity contribution in [1.82, 2.24) is 20.2 Å². The molecule has 0 bridgehead atoms. The SMILES string of the molecule is CCC1CC(N(Cc2cc(C(F)(F)F)cc(C(F)(F)F)c2)c2nnn(C)n2)c2cc(C(F)(F)F)ccc2N1C(=O)C1CCC(C(N)=O)CC1. The van der Waals surface area contributed by atoms with Gasteiger partial charge in [-0.25, -0.2) is 0 Å². The summed E-state index contributed by atoms with van der Waals surface area (Å²) in [5, 5.41) is 11.8. The van der Waals surface area contributed by atoms with Crippen molar-refractivity contribution in [1.29, 1.82) is 0 Å². The van der Waals surface area contributed by atoms with Crippen LogP contribution < -0.4 is 15.5 Å². The molecule has 1 aliphatic carbocycles. The first-order chi connectivity index (χ1) is 22.8. The van der Waals surface area contributed by atoms with E-state index in [9.17, 15) is 49.1 Å². The lowest BCUT2D eigenvalue weighted by molar-refractivity contribution is -0.143. The first kappa shape index (κ1) is 35.9.